The maximum absolute atomic E-state index is 13.5. The maximum Gasteiger partial charge on any atom is 0.261 e. The molecule has 1 aromatic heterocycles. The van der Waals surface area contributed by atoms with Gasteiger partial charge in [0, 0.05) is 37.3 Å². The number of amides is 1. The van der Waals surface area contributed by atoms with Crippen molar-refractivity contribution in [2.45, 2.75) is 19.4 Å². The third kappa shape index (κ3) is 3.75. The van der Waals surface area contributed by atoms with Crippen LogP contribution in [0.3, 0.4) is 0 Å². The van der Waals surface area contributed by atoms with Crippen LogP contribution in [0.4, 0.5) is 5.95 Å². The number of ether oxygens (including phenoxy) is 2. The molecule has 7 nitrogen and oxygen atoms in total. The first-order chi connectivity index (χ1) is 14.6. The monoisotopic (exact) mass is 406 g/mol. The molecule has 7 heteroatoms. The van der Waals surface area contributed by atoms with E-state index in [1.54, 1.807) is 26.4 Å². The molecule has 156 valence electrons. The minimum absolute atomic E-state index is 0.0234. The van der Waals surface area contributed by atoms with Gasteiger partial charge in [-0.1, -0.05) is 24.3 Å². The second-order valence-electron chi connectivity index (χ2n) is 7.41. The lowest BCUT2D eigenvalue weighted by Crippen LogP contribution is -2.43. The molecule has 0 bridgehead atoms. The molecule has 1 saturated heterocycles. The Morgan fingerprint density at radius 3 is 2.50 bits per heavy atom. The zero-order valence-electron chi connectivity index (χ0n) is 17.5. The third-order valence-electron chi connectivity index (χ3n) is 5.51. The first-order valence-electron chi connectivity index (χ1n) is 10.1. The quantitative estimate of drug-likeness (QED) is 0.662. The number of nitrogens with zero attached hydrogens (tertiary/aromatic N) is 4. The van der Waals surface area contributed by atoms with Crippen LogP contribution < -0.4 is 14.4 Å². The van der Waals surface area contributed by atoms with E-state index < -0.39 is 0 Å². The predicted octanol–water partition coefficient (Wildman–Crippen LogP) is 3.39. The molecule has 1 amide bonds. The van der Waals surface area contributed by atoms with Crippen LogP contribution in [0.15, 0.2) is 48.7 Å². The molecule has 0 aliphatic carbocycles. The minimum Gasteiger partial charge on any atom is -0.496 e. The summed E-state index contributed by atoms with van der Waals surface area (Å²) < 4.78 is 10.9. The minimum atomic E-state index is -0.0851. The fourth-order valence-corrected chi connectivity index (χ4v) is 3.96. The average molecular weight is 406 g/mol. The second kappa shape index (κ2) is 8.57. The largest absolute Gasteiger partial charge is 0.496 e. The molecule has 1 aliphatic rings. The fourth-order valence-electron chi connectivity index (χ4n) is 3.96. The molecule has 4 rings (SSSR count). The van der Waals surface area contributed by atoms with E-state index in [1.165, 1.54) is 0 Å². The molecule has 1 atom stereocenters. The highest BCUT2D eigenvalue weighted by molar-refractivity contribution is 6.00. The molecule has 0 saturated carbocycles. The first-order valence-corrected chi connectivity index (χ1v) is 10.1. The molecule has 30 heavy (non-hydrogen) atoms. The molecule has 1 fully saturated rings. The van der Waals surface area contributed by atoms with Gasteiger partial charge in [0.1, 0.15) is 17.1 Å². The highest BCUT2D eigenvalue weighted by Crippen LogP contribution is 2.31. The zero-order valence-corrected chi connectivity index (χ0v) is 17.5. The Kier molecular flexibility index (Phi) is 5.70. The lowest BCUT2D eigenvalue weighted by atomic mass is 10.1. The van der Waals surface area contributed by atoms with Crippen LogP contribution in [0.25, 0.3) is 10.9 Å². The van der Waals surface area contributed by atoms with Gasteiger partial charge in [-0.2, -0.15) is 0 Å². The van der Waals surface area contributed by atoms with Crippen molar-refractivity contribution in [2.75, 3.05) is 38.8 Å². The number of anilines is 1. The summed E-state index contributed by atoms with van der Waals surface area (Å²) in [5, 5.41) is 1.02. The Hall–Kier alpha value is -3.35. The van der Waals surface area contributed by atoms with Crippen molar-refractivity contribution in [3.8, 4) is 11.5 Å². The number of hydrogen-bond donors (Lipinski definition) is 0. The molecule has 0 radical (unpaired) electrons. The molecule has 0 unspecified atom stereocenters. The third-order valence-corrected chi connectivity index (χ3v) is 5.51. The average Bonchev–Trinajstić information content (AvgIpc) is 2.99. The number of para-hydroxylation sites is 1. The summed E-state index contributed by atoms with van der Waals surface area (Å²) in [6.07, 6.45) is 2.68. The number of benzene rings is 2. The van der Waals surface area contributed by atoms with Gasteiger partial charge in [0.15, 0.2) is 0 Å². The van der Waals surface area contributed by atoms with Gasteiger partial charge in [-0.15, -0.1) is 0 Å². The Balaban J connectivity index is 1.59. The lowest BCUT2D eigenvalue weighted by Gasteiger charge is -2.30. The van der Waals surface area contributed by atoms with Gasteiger partial charge >= 0.3 is 0 Å². The molecule has 1 aliphatic heterocycles. The zero-order chi connectivity index (χ0) is 21.1. The van der Waals surface area contributed by atoms with Crippen molar-refractivity contribution < 1.29 is 14.3 Å². The Labute approximate surface area is 176 Å². The van der Waals surface area contributed by atoms with E-state index >= 15 is 0 Å². The van der Waals surface area contributed by atoms with E-state index in [2.05, 4.69) is 16.8 Å². The SMILES string of the molecule is COc1cccc(OC)c1C(=O)N1CCCN(c2ncc3ccccc3n2)C[C@@H]1C. The van der Waals surface area contributed by atoms with E-state index in [9.17, 15) is 4.79 Å². The number of carbonyl (C=O) groups excluding carboxylic acids is 1. The molecule has 2 heterocycles. The van der Waals surface area contributed by atoms with Crippen LogP contribution in [0.5, 0.6) is 11.5 Å². The van der Waals surface area contributed by atoms with Crippen molar-refractivity contribution in [3.63, 3.8) is 0 Å². The maximum atomic E-state index is 13.5. The van der Waals surface area contributed by atoms with E-state index in [0.717, 1.165) is 23.9 Å². The van der Waals surface area contributed by atoms with E-state index in [1.807, 2.05) is 41.4 Å². The van der Waals surface area contributed by atoms with E-state index in [0.29, 0.717) is 36.1 Å². The highest BCUT2D eigenvalue weighted by Gasteiger charge is 2.30. The van der Waals surface area contributed by atoms with Crippen LogP contribution in [0.2, 0.25) is 0 Å². The summed E-state index contributed by atoms with van der Waals surface area (Å²) >= 11 is 0. The second-order valence-corrected chi connectivity index (χ2v) is 7.41. The molecule has 0 spiro atoms. The normalized spacial score (nSPS) is 17.0. The lowest BCUT2D eigenvalue weighted by molar-refractivity contribution is 0.0701. The van der Waals surface area contributed by atoms with Crippen LogP contribution >= 0.6 is 0 Å². The summed E-state index contributed by atoms with van der Waals surface area (Å²) in [6, 6.07) is 13.3. The molecule has 0 N–H and O–H groups in total. The summed E-state index contributed by atoms with van der Waals surface area (Å²) in [5.74, 6) is 1.65. The number of rotatable bonds is 4. The van der Waals surface area contributed by atoms with Crippen molar-refractivity contribution in [1.29, 1.82) is 0 Å². The highest BCUT2D eigenvalue weighted by atomic mass is 16.5. The van der Waals surface area contributed by atoms with Gasteiger partial charge in [-0.25, -0.2) is 9.97 Å². The van der Waals surface area contributed by atoms with Gasteiger partial charge in [0.05, 0.1) is 19.7 Å². The summed E-state index contributed by atoms with van der Waals surface area (Å²) in [5.41, 5.74) is 1.39. The Morgan fingerprint density at radius 2 is 1.77 bits per heavy atom. The van der Waals surface area contributed by atoms with Gasteiger partial charge in [-0.05, 0) is 31.5 Å². The number of hydrogen-bond acceptors (Lipinski definition) is 6. The smallest absolute Gasteiger partial charge is 0.261 e. The summed E-state index contributed by atoms with van der Waals surface area (Å²) in [7, 11) is 3.13. The van der Waals surface area contributed by atoms with Crippen LogP contribution in [-0.2, 0) is 0 Å². The number of carbonyl (C=O) groups is 1. The summed E-state index contributed by atoms with van der Waals surface area (Å²) in [4.78, 5) is 26.8. The van der Waals surface area contributed by atoms with Crippen LogP contribution in [0, 0.1) is 0 Å². The fraction of sp³-hybridized carbons (Fsp3) is 0.348. The van der Waals surface area contributed by atoms with Crippen molar-refractivity contribution in [3.05, 3.63) is 54.2 Å². The van der Waals surface area contributed by atoms with E-state index in [-0.39, 0.29) is 11.9 Å². The Morgan fingerprint density at radius 1 is 1.03 bits per heavy atom. The predicted molar refractivity (Wildman–Crippen MR) is 116 cm³/mol. The molecular formula is C23H26N4O3. The number of methoxy groups -OCH3 is 2. The van der Waals surface area contributed by atoms with Gasteiger partial charge in [0.2, 0.25) is 5.95 Å². The molecule has 3 aromatic rings. The molecular weight excluding hydrogens is 380 g/mol. The van der Waals surface area contributed by atoms with Crippen molar-refractivity contribution >= 4 is 22.8 Å². The van der Waals surface area contributed by atoms with Crippen molar-refractivity contribution in [2.24, 2.45) is 0 Å². The Bertz CT molecular complexity index is 1030. The van der Waals surface area contributed by atoms with Crippen molar-refractivity contribution in [1.82, 2.24) is 14.9 Å². The number of fused-ring (bicyclic) bond motifs is 1. The topological polar surface area (TPSA) is 67.8 Å². The molecule has 2 aromatic carbocycles. The number of aromatic nitrogens is 2. The van der Waals surface area contributed by atoms with Crippen LogP contribution in [-0.4, -0.2) is 60.7 Å². The van der Waals surface area contributed by atoms with Gasteiger partial charge in [0.25, 0.3) is 5.91 Å². The van der Waals surface area contributed by atoms with E-state index in [4.69, 9.17) is 14.5 Å². The standard InChI is InChI=1S/C23H26N4O3/c1-16-15-26(23-24-14-17-8-4-5-9-18(17)25-23)12-7-13-27(16)22(28)21-19(29-2)10-6-11-20(21)30-3/h4-6,8-11,14,16H,7,12-13,15H2,1-3H3/t16-/m0/s1. The van der Waals surface area contributed by atoms with Gasteiger partial charge < -0.3 is 19.3 Å². The summed E-state index contributed by atoms with van der Waals surface area (Å²) in [6.45, 7) is 4.14. The van der Waals surface area contributed by atoms with Gasteiger partial charge in [-0.3, -0.25) is 4.79 Å². The first kappa shape index (κ1) is 19.9. The van der Waals surface area contributed by atoms with Crippen LogP contribution in [0.1, 0.15) is 23.7 Å².